The van der Waals surface area contributed by atoms with E-state index in [0.717, 1.165) is 23.0 Å². The largest absolute Gasteiger partial charge is 0.457 e. The summed E-state index contributed by atoms with van der Waals surface area (Å²) in [7, 11) is -3.75. The third-order valence-electron chi connectivity index (χ3n) is 4.27. The fourth-order valence-corrected chi connectivity index (χ4v) is 4.09. The lowest BCUT2D eigenvalue weighted by molar-refractivity contribution is 0.265. The molecule has 3 N–H and O–H groups in total. The Balaban J connectivity index is 1.61. The molecule has 9 heteroatoms. The van der Waals surface area contributed by atoms with Crippen LogP contribution >= 0.6 is 11.8 Å². The zero-order valence-electron chi connectivity index (χ0n) is 15.8. The predicted molar refractivity (Wildman–Crippen MR) is 118 cm³/mol. The van der Waals surface area contributed by atoms with Crippen molar-refractivity contribution in [2.45, 2.75) is 11.8 Å². The first-order valence-corrected chi connectivity index (χ1v) is 11.2. The van der Waals surface area contributed by atoms with Crippen LogP contribution in [0.5, 0.6) is 0 Å². The fourth-order valence-electron chi connectivity index (χ4n) is 2.86. The first-order valence-electron chi connectivity index (χ1n) is 8.87. The number of thioether (sulfide) groups is 1. The van der Waals surface area contributed by atoms with E-state index in [1.54, 1.807) is 30.3 Å². The number of aryl methyl sites for hydroxylation is 1. The summed E-state index contributed by atoms with van der Waals surface area (Å²) >= 11 is 1.04. The average Bonchev–Trinajstić information content (AvgIpc) is 3.28. The Kier molecular flexibility index (Phi) is 5.33. The number of amidine groups is 1. The van der Waals surface area contributed by atoms with Crippen molar-refractivity contribution in [3.63, 3.8) is 0 Å². The number of furan rings is 1. The second-order valence-electron chi connectivity index (χ2n) is 6.59. The molecule has 152 valence electrons. The molecule has 4 rings (SSSR count). The third kappa shape index (κ3) is 4.54. The molecule has 0 aliphatic carbocycles. The van der Waals surface area contributed by atoms with Crippen molar-refractivity contribution in [1.82, 2.24) is 5.32 Å². The Hall–Kier alpha value is -3.14. The third-order valence-corrected chi connectivity index (χ3v) is 6.01. The van der Waals surface area contributed by atoms with E-state index in [1.165, 1.54) is 12.1 Å². The number of benzene rings is 2. The van der Waals surface area contributed by atoms with E-state index in [-0.39, 0.29) is 10.1 Å². The summed E-state index contributed by atoms with van der Waals surface area (Å²) in [6.45, 7) is 1.97. The van der Waals surface area contributed by atoms with Crippen molar-refractivity contribution in [2.24, 2.45) is 10.1 Å². The van der Waals surface area contributed by atoms with E-state index in [9.17, 15) is 13.2 Å². The number of nitrogens with one attached hydrogen (secondary N) is 1. The van der Waals surface area contributed by atoms with Crippen LogP contribution in [0.4, 0.5) is 10.5 Å². The van der Waals surface area contributed by atoms with Crippen LogP contribution in [0.3, 0.4) is 0 Å². The van der Waals surface area contributed by atoms with Crippen LogP contribution in [0.25, 0.3) is 17.4 Å². The van der Waals surface area contributed by atoms with Gasteiger partial charge in [0.1, 0.15) is 17.4 Å². The number of sulfonamides is 1. The van der Waals surface area contributed by atoms with Crippen LogP contribution in [-0.2, 0) is 10.0 Å². The lowest BCUT2D eigenvalue weighted by Crippen LogP contribution is -2.18. The standard InChI is InChI=1S/C21H17N3O4S2/c1-13-3-2-4-15(11-13)23-20-19(29-21(25)24-20)12-16-7-10-18(28-16)14-5-8-17(9-6-14)30(22,26)27/h2-12H,1H3,(H2,22,26,27)(H,23,24,25). The van der Waals surface area contributed by atoms with Crippen molar-refractivity contribution in [3.05, 3.63) is 76.9 Å². The zero-order valence-corrected chi connectivity index (χ0v) is 17.5. The Morgan fingerprint density at radius 2 is 1.87 bits per heavy atom. The van der Waals surface area contributed by atoms with Gasteiger partial charge in [-0.15, -0.1) is 0 Å². The molecule has 1 aromatic heterocycles. The number of nitrogens with zero attached hydrogens (tertiary/aromatic N) is 1. The van der Waals surface area contributed by atoms with Crippen LogP contribution in [-0.4, -0.2) is 19.5 Å². The van der Waals surface area contributed by atoms with Gasteiger partial charge in [-0.2, -0.15) is 0 Å². The number of nitrogens with two attached hydrogens (primary N) is 1. The summed E-state index contributed by atoms with van der Waals surface area (Å²) in [5.74, 6) is 1.56. The second kappa shape index (κ2) is 7.94. The van der Waals surface area contributed by atoms with E-state index in [1.807, 2.05) is 31.2 Å². The predicted octanol–water partition coefficient (Wildman–Crippen LogP) is 4.43. The Morgan fingerprint density at radius 1 is 1.10 bits per heavy atom. The second-order valence-corrected chi connectivity index (χ2v) is 9.17. The SMILES string of the molecule is Cc1cccc(N=C2NC(=O)SC2=Cc2ccc(-c3ccc(S(N)(=O)=O)cc3)o2)c1. The summed E-state index contributed by atoms with van der Waals surface area (Å²) in [6.07, 6.45) is 1.74. The smallest absolute Gasteiger partial charge is 0.289 e. The number of carbonyl (C=O) groups excluding carboxylic acids is 1. The van der Waals surface area contributed by atoms with Crippen LogP contribution in [0.15, 0.2) is 79.9 Å². The average molecular weight is 440 g/mol. The summed E-state index contributed by atoms with van der Waals surface area (Å²) in [6, 6.07) is 17.3. The van der Waals surface area contributed by atoms with Crippen molar-refractivity contribution < 1.29 is 17.6 Å². The minimum absolute atomic E-state index is 0.0316. The van der Waals surface area contributed by atoms with Gasteiger partial charge < -0.3 is 9.73 Å². The van der Waals surface area contributed by atoms with Gasteiger partial charge >= 0.3 is 0 Å². The highest BCUT2D eigenvalue weighted by Crippen LogP contribution is 2.31. The van der Waals surface area contributed by atoms with Crippen LogP contribution in [0.1, 0.15) is 11.3 Å². The molecule has 30 heavy (non-hydrogen) atoms. The first-order chi connectivity index (χ1) is 14.3. The van der Waals surface area contributed by atoms with Crippen LogP contribution in [0.2, 0.25) is 0 Å². The van der Waals surface area contributed by atoms with Gasteiger partial charge in [0, 0.05) is 5.56 Å². The highest BCUT2D eigenvalue weighted by atomic mass is 32.2. The minimum atomic E-state index is -3.75. The maximum Gasteiger partial charge on any atom is 0.289 e. The Labute approximate surface area is 177 Å². The quantitative estimate of drug-likeness (QED) is 0.624. The van der Waals surface area contributed by atoms with E-state index < -0.39 is 10.0 Å². The van der Waals surface area contributed by atoms with Crippen LogP contribution in [0, 0.1) is 6.92 Å². The summed E-state index contributed by atoms with van der Waals surface area (Å²) < 4.78 is 28.6. The fraction of sp³-hybridized carbons (Fsp3) is 0.0476. The van der Waals surface area contributed by atoms with Gasteiger partial charge in [-0.1, -0.05) is 12.1 Å². The van der Waals surface area contributed by atoms with Crippen molar-refractivity contribution in [3.8, 4) is 11.3 Å². The molecule has 1 fully saturated rings. The summed E-state index contributed by atoms with van der Waals surface area (Å²) in [5.41, 5.74) is 2.52. The lowest BCUT2D eigenvalue weighted by Gasteiger charge is -2.01. The van der Waals surface area contributed by atoms with E-state index >= 15 is 0 Å². The molecule has 0 saturated carbocycles. The van der Waals surface area contributed by atoms with Crippen LogP contribution < -0.4 is 10.5 Å². The molecule has 3 aromatic rings. The van der Waals surface area contributed by atoms with E-state index in [0.29, 0.717) is 27.8 Å². The Bertz CT molecular complexity index is 1290. The van der Waals surface area contributed by atoms with Crippen molar-refractivity contribution >= 4 is 44.6 Å². The van der Waals surface area contributed by atoms with E-state index in [4.69, 9.17) is 9.56 Å². The Morgan fingerprint density at radius 3 is 2.57 bits per heavy atom. The number of rotatable bonds is 4. The van der Waals surface area contributed by atoms with Gasteiger partial charge in [-0.05, 0) is 78.9 Å². The molecule has 0 bridgehead atoms. The molecule has 1 aliphatic heterocycles. The number of hydrogen-bond acceptors (Lipinski definition) is 6. The molecule has 2 heterocycles. The van der Waals surface area contributed by atoms with Gasteiger partial charge in [0.05, 0.1) is 15.5 Å². The topological polar surface area (TPSA) is 115 Å². The molecular formula is C21H17N3O4S2. The van der Waals surface area contributed by atoms with Crippen molar-refractivity contribution in [1.29, 1.82) is 0 Å². The number of primary sulfonamides is 1. The van der Waals surface area contributed by atoms with Crippen molar-refractivity contribution in [2.75, 3.05) is 0 Å². The van der Waals surface area contributed by atoms with Gasteiger partial charge in [-0.25, -0.2) is 18.5 Å². The summed E-state index contributed by atoms with van der Waals surface area (Å²) in [4.78, 5) is 17.1. The number of aliphatic imine (C=N–C) groups is 1. The first kappa shape index (κ1) is 20.1. The van der Waals surface area contributed by atoms with Gasteiger partial charge in [0.2, 0.25) is 10.0 Å². The molecule has 2 aromatic carbocycles. The maximum absolute atomic E-state index is 11.9. The number of hydrogen-bond donors (Lipinski definition) is 2. The zero-order chi connectivity index (χ0) is 21.3. The molecule has 0 atom stereocenters. The summed E-state index contributed by atoms with van der Waals surface area (Å²) in [5, 5.41) is 7.66. The van der Waals surface area contributed by atoms with Gasteiger partial charge in [0.15, 0.2) is 0 Å². The minimum Gasteiger partial charge on any atom is -0.457 e. The molecule has 7 nitrogen and oxygen atoms in total. The lowest BCUT2D eigenvalue weighted by atomic mass is 10.2. The highest BCUT2D eigenvalue weighted by Gasteiger charge is 2.24. The molecule has 0 radical (unpaired) electrons. The van der Waals surface area contributed by atoms with E-state index in [2.05, 4.69) is 10.3 Å². The molecule has 1 aliphatic rings. The number of carbonyl (C=O) groups is 1. The van der Waals surface area contributed by atoms with Gasteiger partial charge in [-0.3, -0.25) is 4.79 Å². The number of amides is 1. The molecule has 0 spiro atoms. The van der Waals surface area contributed by atoms with Gasteiger partial charge in [0.25, 0.3) is 5.24 Å². The molecule has 1 saturated heterocycles. The normalized spacial score (nSPS) is 16.9. The monoisotopic (exact) mass is 439 g/mol. The molecule has 1 amide bonds. The molecular weight excluding hydrogens is 422 g/mol. The molecule has 0 unspecified atom stereocenters. The maximum atomic E-state index is 11.9. The highest BCUT2D eigenvalue weighted by molar-refractivity contribution is 8.18.